The molecule has 74 valence electrons. The average molecular weight is 217 g/mol. The highest BCUT2D eigenvalue weighted by atomic mass is 32.2. The molecule has 0 heterocycles. The second kappa shape index (κ2) is 3.35. The predicted octanol–water partition coefficient (Wildman–Crippen LogP) is 1.58. The zero-order chi connectivity index (χ0) is 10.8. The molecular formula is C8H5F2NO2S. The molecule has 1 aromatic rings. The number of rotatable bonds is 2. The van der Waals surface area contributed by atoms with Gasteiger partial charge in [0, 0.05) is 0 Å². The third kappa shape index (κ3) is 1.59. The second-order valence-electron chi connectivity index (χ2n) is 2.45. The molecule has 14 heavy (non-hydrogen) atoms. The summed E-state index contributed by atoms with van der Waals surface area (Å²) in [5, 5.41) is 3.63. The van der Waals surface area contributed by atoms with Crippen LogP contribution in [-0.2, 0) is 9.84 Å². The van der Waals surface area contributed by atoms with Crippen molar-refractivity contribution in [1.29, 1.82) is 5.26 Å². The van der Waals surface area contributed by atoms with Crippen LogP contribution in [0.2, 0.25) is 0 Å². The Morgan fingerprint density at radius 1 is 1.21 bits per heavy atom. The van der Waals surface area contributed by atoms with Gasteiger partial charge in [-0.15, -0.1) is 0 Å². The summed E-state index contributed by atoms with van der Waals surface area (Å²) in [5.41, 5.74) is 0. The number of sulfone groups is 1. The Balaban J connectivity index is 3.32. The Hall–Kier alpha value is -1.48. The van der Waals surface area contributed by atoms with Gasteiger partial charge in [0.05, 0.1) is 4.90 Å². The second-order valence-corrected chi connectivity index (χ2v) is 4.44. The third-order valence-electron chi connectivity index (χ3n) is 1.52. The zero-order valence-electron chi connectivity index (χ0n) is 6.81. The van der Waals surface area contributed by atoms with Crippen molar-refractivity contribution in [2.45, 2.75) is 10.2 Å². The quantitative estimate of drug-likeness (QED) is 0.755. The minimum absolute atomic E-state index is 0.459. The Labute approximate surface area is 79.5 Å². The molecule has 0 saturated heterocycles. The van der Waals surface area contributed by atoms with E-state index in [4.69, 9.17) is 5.26 Å². The van der Waals surface area contributed by atoms with Gasteiger partial charge in [-0.25, -0.2) is 8.42 Å². The molecule has 0 aromatic heterocycles. The number of hydrogen-bond acceptors (Lipinski definition) is 3. The van der Waals surface area contributed by atoms with E-state index in [1.807, 2.05) is 0 Å². The smallest absolute Gasteiger partial charge is 0.216 e. The number of nitriles is 1. The monoisotopic (exact) mass is 217 g/mol. The average Bonchev–Trinajstić information content (AvgIpc) is 2.19. The van der Waals surface area contributed by atoms with E-state index in [0.717, 1.165) is 12.1 Å². The lowest BCUT2D eigenvalue weighted by Crippen LogP contribution is -2.26. The lowest BCUT2D eigenvalue weighted by Gasteiger charge is -2.08. The summed E-state index contributed by atoms with van der Waals surface area (Å²) in [4.78, 5) is -0.563. The molecule has 0 bridgehead atoms. The number of benzene rings is 1. The van der Waals surface area contributed by atoms with Crippen molar-refractivity contribution in [3.05, 3.63) is 30.3 Å². The topological polar surface area (TPSA) is 57.9 Å². The van der Waals surface area contributed by atoms with E-state index < -0.39 is 20.0 Å². The van der Waals surface area contributed by atoms with E-state index in [1.165, 1.54) is 18.2 Å². The minimum atomic E-state index is -4.88. The molecule has 6 heteroatoms. The maximum absolute atomic E-state index is 12.7. The number of halogens is 2. The van der Waals surface area contributed by atoms with Crippen molar-refractivity contribution in [1.82, 2.24) is 0 Å². The van der Waals surface area contributed by atoms with Crippen LogP contribution in [0.25, 0.3) is 0 Å². The number of hydrogen-bond donors (Lipinski definition) is 0. The normalized spacial score (nSPS) is 12.1. The van der Waals surface area contributed by atoms with Crippen molar-refractivity contribution in [2.24, 2.45) is 0 Å². The van der Waals surface area contributed by atoms with Crippen LogP contribution < -0.4 is 0 Å². The van der Waals surface area contributed by atoms with Crippen LogP contribution in [0.5, 0.6) is 0 Å². The fourth-order valence-electron chi connectivity index (χ4n) is 0.808. The maximum Gasteiger partial charge on any atom is 0.435 e. The molecule has 3 nitrogen and oxygen atoms in total. The molecule has 0 unspecified atom stereocenters. The SMILES string of the molecule is N#CC(F)(F)S(=O)(=O)c1ccccc1. The predicted molar refractivity (Wildman–Crippen MR) is 44.2 cm³/mol. The molecule has 0 radical (unpaired) electrons. The van der Waals surface area contributed by atoms with Crippen LogP contribution in [0, 0.1) is 11.3 Å². The largest absolute Gasteiger partial charge is 0.435 e. The molecule has 0 saturated carbocycles. The molecule has 0 N–H and O–H groups in total. The van der Waals surface area contributed by atoms with Crippen LogP contribution in [0.1, 0.15) is 0 Å². The fraction of sp³-hybridized carbons (Fsp3) is 0.125. The summed E-state index contributed by atoms with van der Waals surface area (Å²) in [6.07, 6.45) is 0. The van der Waals surface area contributed by atoms with E-state index >= 15 is 0 Å². The molecule has 0 amide bonds. The number of alkyl halides is 2. The van der Waals surface area contributed by atoms with Crippen LogP contribution in [0.4, 0.5) is 8.78 Å². The Morgan fingerprint density at radius 3 is 2.14 bits per heavy atom. The molecule has 0 spiro atoms. The van der Waals surface area contributed by atoms with Gasteiger partial charge in [-0.3, -0.25) is 0 Å². The number of nitrogens with zero attached hydrogens (tertiary/aromatic N) is 1. The molecule has 0 fully saturated rings. The fourth-order valence-corrected chi connectivity index (χ4v) is 1.74. The Bertz CT molecular complexity index is 462. The highest BCUT2D eigenvalue weighted by Crippen LogP contribution is 2.27. The zero-order valence-corrected chi connectivity index (χ0v) is 7.63. The molecule has 1 aromatic carbocycles. The van der Waals surface area contributed by atoms with E-state index in [9.17, 15) is 17.2 Å². The summed E-state index contributed by atoms with van der Waals surface area (Å²) < 4.78 is 47.6. The first-order valence-corrected chi connectivity index (χ1v) is 4.99. The van der Waals surface area contributed by atoms with E-state index in [-0.39, 0.29) is 0 Å². The molecule has 0 aliphatic carbocycles. The van der Waals surface area contributed by atoms with Crippen molar-refractivity contribution in [3.63, 3.8) is 0 Å². The molecule has 1 rings (SSSR count). The Morgan fingerprint density at radius 2 is 1.71 bits per heavy atom. The van der Waals surface area contributed by atoms with Crippen LogP contribution in [0.15, 0.2) is 35.2 Å². The van der Waals surface area contributed by atoms with Crippen molar-refractivity contribution in [2.75, 3.05) is 0 Å². The van der Waals surface area contributed by atoms with Gasteiger partial charge in [-0.1, -0.05) is 18.2 Å². The van der Waals surface area contributed by atoms with Crippen LogP contribution in [0.3, 0.4) is 0 Å². The van der Waals surface area contributed by atoms with E-state index in [2.05, 4.69) is 0 Å². The summed E-state index contributed by atoms with van der Waals surface area (Å²) in [6, 6.07) is 6.59. The highest BCUT2D eigenvalue weighted by molar-refractivity contribution is 7.92. The standard InChI is InChI=1S/C8H5F2NO2S/c9-8(10,6-11)14(12,13)7-4-2-1-3-5-7/h1-5H. The maximum atomic E-state index is 12.7. The third-order valence-corrected chi connectivity index (χ3v) is 3.18. The lowest BCUT2D eigenvalue weighted by atomic mass is 10.4. The summed E-state index contributed by atoms with van der Waals surface area (Å²) >= 11 is 0. The molecule has 0 aliphatic rings. The molecule has 0 atom stereocenters. The van der Waals surface area contributed by atoms with Gasteiger partial charge in [0.15, 0.2) is 6.07 Å². The Kier molecular flexibility index (Phi) is 2.53. The first kappa shape index (κ1) is 10.6. The first-order chi connectivity index (χ1) is 6.42. The van der Waals surface area contributed by atoms with Gasteiger partial charge in [0.1, 0.15) is 0 Å². The van der Waals surface area contributed by atoms with Gasteiger partial charge >= 0.3 is 5.25 Å². The molecule has 0 aliphatic heterocycles. The first-order valence-electron chi connectivity index (χ1n) is 3.50. The van der Waals surface area contributed by atoms with Crippen LogP contribution >= 0.6 is 0 Å². The van der Waals surface area contributed by atoms with Gasteiger partial charge in [-0.2, -0.15) is 14.0 Å². The van der Waals surface area contributed by atoms with E-state index in [0.29, 0.717) is 6.07 Å². The lowest BCUT2D eigenvalue weighted by molar-refractivity contribution is 0.155. The summed E-state index contributed by atoms with van der Waals surface area (Å²) in [6.45, 7) is 0. The van der Waals surface area contributed by atoms with Gasteiger partial charge in [0.2, 0.25) is 0 Å². The van der Waals surface area contributed by atoms with Crippen molar-refractivity contribution in [3.8, 4) is 6.07 Å². The van der Waals surface area contributed by atoms with Crippen molar-refractivity contribution < 1.29 is 17.2 Å². The van der Waals surface area contributed by atoms with Gasteiger partial charge in [-0.05, 0) is 12.1 Å². The van der Waals surface area contributed by atoms with E-state index in [1.54, 1.807) is 0 Å². The molecular weight excluding hydrogens is 212 g/mol. The summed E-state index contributed by atoms with van der Waals surface area (Å²) in [5.74, 6) is 0. The van der Waals surface area contributed by atoms with Crippen LogP contribution in [-0.4, -0.2) is 13.7 Å². The van der Waals surface area contributed by atoms with Gasteiger partial charge < -0.3 is 0 Å². The van der Waals surface area contributed by atoms with Crippen molar-refractivity contribution >= 4 is 9.84 Å². The summed E-state index contributed by atoms with van der Waals surface area (Å²) in [7, 11) is -4.88. The van der Waals surface area contributed by atoms with Gasteiger partial charge in [0.25, 0.3) is 9.84 Å². The minimum Gasteiger partial charge on any atom is -0.216 e. The highest BCUT2D eigenvalue weighted by Gasteiger charge is 2.46.